The van der Waals surface area contributed by atoms with E-state index in [1.54, 1.807) is 36.4 Å². The number of halogens is 1. The molecule has 0 fully saturated rings. The molecule has 7 heteroatoms. The summed E-state index contributed by atoms with van der Waals surface area (Å²) in [5.41, 5.74) is 2.37. The molecule has 2 aromatic carbocycles. The molecule has 0 aromatic heterocycles. The van der Waals surface area contributed by atoms with Crippen LogP contribution in [0, 0.1) is 6.92 Å². The largest absolute Gasteiger partial charge is 0.495 e. The van der Waals surface area contributed by atoms with Crippen molar-refractivity contribution in [3.63, 3.8) is 0 Å². The monoisotopic (exact) mass is 362 g/mol. The van der Waals surface area contributed by atoms with Gasteiger partial charge in [-0.05, 0) is 42.8 Å². The number of ether oxygens (including phenoxy) is 2. The van der Waals surface area contributed by atoms with Crippen molar-refractivity contribution in [2.24, 2.45) is 0 Å². The maximum atomic E-state index is 12.2. The Kier molecular flexibility index (Phi) is 6.25. The van der Waals surface area contributed by atoms with Gasteiger partial charge in [0.25, 0.3) is 0 Å². The highest BCUT2D eigenvalue weighted by molar-refractivity contribution is 6.31. The van der Waals surface area contributed by atoms with E-state index in [-0.39, 0.29) is 12.5 Å². The molecule has 0 aliphatic heterocycles. The van der Waals surface area contributed by atoms with Gasteiger partial charge in [-0.3, -0.25) is 4.79 Å². The van der Waals surface area contributed by atoms with Crippen LogP contribution in [0.1, 0.15) is 15.9 Å². The number of nitrogens with one attached hydrogen (secondary N) is 2. The molecule has 0 radical (unpaired) electrons. The Balaban J connectivity index is 2.06. The third-order valence-corrected chi connectivity index (χ3v) is 3.77. The van der Waals surface area contributed by atoms with Gasteiger partial charge in [-0.1, -0.05) is 17.7 Å². The molecular formula is C18H19ClN2O4. The first-order valence-electron chi connectivity index (χ1n) is 7.51. The van der Waals surface area contributed by atoms with E-state index in [4.69, 9.17) is 16.3 Å². The number of carbonyl (C=O) groups is 2. The molecule has 2 rings (SSSR count). The maximum Gasteiger partial charge on any atom is 0.337 e. The number of carbonyl (C=O) groups excluding carboxylic acids is 2. The minimum atomic E-state index is -0.461. The van der Waals surface area contributed by atoms with E-state index in [0.717, 1.165) is 5.56 Å². The summed E-state index contributed by atoms with van der Waals surface area (Å²) in [6, 6.07) is 10.1. The fourth-order valence-corrected chi connectivity index (χ4v) is 2.36. The summed E-state index contributed by atoms with van der Waals surface area (Å²) in [5, 5.41) is 6.28. The fourth-order valence-electron chi connectivity index (χ4n) is 2.19. The standard InChI is InChI=1S/C18H19ClN2O4/c1-11-4-5-12(18(23)25-3)8-14(11)21-17(22)10-20-15-9-13(19)6-7-16(15)24-2/h4-9,20H,10H2,1-3H3,(H,21,22). The number of hydrogen-bond acceptors (Lipinski definition) is 5. The average Bonchev–Trinajstić information content (AvgIpc) is 2.61. The normalized spacial score (nSPS) is 10.1. The lowest BCUT2D eigenvalue weighted by atomic mass is 10.1. The molecule has 6 nitrogen and oxygen atoms in total. The van der Waals surface area contributed by atoms with E-state index in [0.29, 0.717) is 27.7 Å². The van der Waals surface area contributed by atoms with Crippen LogP contribution in [0.4, 0.5) is 11.4 Å². The molecule has 0 spiro atoms. The maximum absolute atomic E-state index is 12.2. The molecule has 0 heterocycles. The summed E-state index contributed by atoms with van der Waals surface area (Å²) in [5.74, 6) is -0.148. The zero-order chi connectivity index (χ0) is 18.4. The van der Waals surface area contributed by atoms with Crippen molar-refractivity contribution in [3.8, 4) is 5.75 Å². The van der Waals surface area contributed by atoms with Gasteiger partial charge in [0.2, 0.25) is 5.91 Å². The van der Waals surface area contributed by atoms with Crippen molar-refractivity contribution in [1.82, 2.24) is 0 Å². The second-order valence-electron chi connectivity index (χ2n) is 5.27. The predicted molar refractivity (Wildman–Crippen MR) is 97.6 cm³/mol. The molecule has 25 heavy (non-hydrogen) atoms. The molecule has 0 saturated carbocycles. The molecule has 0 saturated heterocycles. The molecule has 0 aliphatic rings. The van der Waals surface area contributed by atoms with E-state index in [2.05, 4.69) is 15.4 Å². The Morgan fingerprint density at radius 2 is 1.84 bits per heavy atom. The summed E-state index contributed by atoms with van der Waals surface area (Å²) >= 11 is 5.96. The number of amides is 1. The van der Waals surface area contributed by atoms with Crippen LogP contribution in [0.25, 0.3) is 0 Å². The van der Waals surface area contributed by atoms with Crippen molar-refractivity contribution in [3.05, 3.63) is 52.5 Å². The van der Waals surface area contributed by atoms with Crippen LogP contribution in [-0.2, 0) is 9.53 Å². The van der Waals surface area contributed by atoms with Crippen LogP contribution in [0.2, 0.25) is 5.02 Å². The van der Waals surface area contributed by atoms with Gasteiger partial charge >= 0.3 is 5.97 Å². The zero-order valence-electron chi connectivity index (χ0n) is 14.2. The lowest BCUT2D eigenvalue weighted by Gasteiger charge is -2.13. The summed E-state index contributed by atoms with van der Waals surface area (Å²) in [4.78, 5) is 23.8. The van der Waals surface area contributed by atoms with Crippen LogP contribution >= 0.6 is 11.6 Å². The number of rotatable bonds is 6. The third-order valence-electron chi connectivity index (χ3n) is 3.53. The lowest BCUT2D eigenvalue weighted by Crippen LogP contribution is -2.22. The molecule has 1 amide bonds. The Labute approximate surface area is 151 Å². The highest BCUT2D eigenvalue weighted by Gasteiger charge is 2.11. The Morgan fingerprint density at radius 1 is 1.08 bits per heavy atom. The first-order valence-corrected chi connectivity index (χ1v) is 7.88. The van der Waals surface area contributed by atoms with Gasteiger partial charge in [0.1, 0.15) is 5.75 Å². The number of benzene rings is 2. The molecule has 0 atom stereocenters. The van der Waals surface area contributed by atoms with E-state index >= 15 is 0 Å². The Hall–Kier alpha value is -2.73. The second-order valence-corrected chi connectivity index (χ2v) is 5.70. The molecule has 2 aromatic rings. The second kappa shape index (κ2) is 8.39. The van der Waals surface area contributed by atoms with Gasteiger partial charge in [0, 0.05) is 10.7 Å². The van der Waals surface area contributed by atoms with Gasteiger partial charge in [-0.15, -0.1) is 0 Å². The molecule has 0 unspecified atom stereocenters. The Bertz CT molecular complexity index is 793. The number of hydrogen-bond donors (Lipinski definition) is 2. The fraction of sp³-hybridized carbons (Fsp3) is 0.222. The average molecular weight is 363 g/mol. The van der Waals surface area contributed by atoms with Crippen LogP contribution in [-0.4, -0.2) is 32.6 Å². The van der Waals surface area contributed by atoms with Crippen molar-refractivity contribution in [2.45, 2.75) is 6.92 Å². The molecule has 2 N–H and O–H groups in total. The SMILES string of the molecule is COC(=O)c1ccc(C)c(NC(=O)CNc2cc(Cl)ccc2OC)c1. The van der Waals surface area contributed by atoms with Crippen molar-refractivity contribution in [2.75, 3.05) is 31.4 Å². The molecular weight excluding hydrogens is 344 g/mol. The van der Waals surface area contributed by atoms with Crippen LogP contribution in [0.5, 0.6) is 5.75 Å². The quantitative estimate of drug-likeness (QED) is 0.769. The van der Waals surface area contributed by atoms with Gasteiger partial charge in [0.15, 0.2) is 0 Å². The van der Waals surface area contributed by atoms with Gasteiger partial charge in [-0.2, -0.15) is 0 Å². The smallest absolute Gasteiger partial charge is 0.337 e. The summed E-state index contributed by atoms with van der Waals surface area (Å²) < 4.78 is 9.91. The third kappa shape index (κ3) is 4.87. The number of methoxy groups -OCH3 is 2. The summed E-state index contributed by atoms with van der Waals surface area (Å²) in [7, 11) is 2.85. The van der Waals surface area contributed by atoms with Gasteiger partial charge < -0.3 is 20.1 Å². The van der Waals surface area contributed by atoms with Crippen LogP contribution in [0.15, 0.2) is 36.4 Å². The van der Waals surface area contributed by atoms with E-state index in [9.17, 15) is 9.59 Å². The van der Waals surface area contributed by atoms with E-state index in [1.807, 2.05) is 6.92 Å². The minimum Gasteiger partial charge on any atom is -0.495 e. The van der Waals surface area contributed by atoms with Gasteiger partial charge in [-0.25, -0.2) is 4.79 Å². The van der Waals surface area contributed by atoms with Crippen molar-refractivity contribution in [1.29, 1.82) is 0 Å². The summed E-state index contributed by atoms with van der Waals surface area (Å²) in [6.45, 7) is 1.85. The van der Waals surface area contributed by atoms with Gasteiger partial charge in [0.05, 0.1) is 32.0 Å². The van der Waals surface area contributed by atoms with Crippen LogP contribution < -0.4 is 15.4 Å². The molecule has 0 aliphatic carbocycles. The first kappa shape index (κ1) is 18.6. The highest BCUT2D eigenvalue weighted by Crippen LogP contribution is 2.27. The van der Waals surface area contributed by atoms with E-state index in [1.165, 1.54) is 14.2 Å². The number of aryl methyl sites for hydroxylation is 1. The predicted octanol–water partition coefficient (Wildman–Crippen LogP) is 3.49. The lowest BCUT2D eigenvalue weighted by molar-refractivity contribution is -0.114. The minimum absolute atomic E-state index is 0.0125. The highest BCUT2D eigenvalue weighted by atomic mass is 35.5. The summed E-state index contributed by atoms with van der Waals surface area (Å²) in [6.07, 6.45) is 0. The van der Waals surface area contributed by atoms with E-state index < -0.39 is 5.97 Å². The molecule has 0 bridgehead atoms. The van der Waals surface area contributed by atoms with Crippen molar-refractivity contribution < 1.29 is 19.1 Å². The Morgan fingerprint density at radius 3 is 2.52 bits per heavy atom. The van der Waals surface area contributed by atoms with Crippen LogP contribution in [0.3, 0.4) is 0 Å². The topological polar surface area (TPSA) is 76.7 Å². The number of anilines is 2. The van der Waals surface area contributed by atoms with Crippen molar-refractivity contribution >= 4 is 34.9 Å². The number of esters is 1. The first-order chi connectivity index (χ1) is 11.9. The zero-order valence-corrected chi connectivity index (χ0v) is 14.9. The molecule has 132 valence electrons.